The van der Waals surface area contributed by atoms with Gasteiger partial charge in [-0.3, -0.25) is 0 Å². The molecule has 1 atom stereocenters. The molecule has 0 aromatic heterocycles. The van der Waals surface area contributed by atoms with Crippen molar-refractivity contribution in [3.8, 4) is 11.1 Å². The minimum absolute atomic E-state index is 0. The van der Waals surface area contributed by atoms with Crippen molar-refractivity contribution in [1.29, 1.82) is 0 Å². The summed E-state index contributed by atoms with van der Waals surface area (Å²) in [5.74, 6) is 0. The van der Waals surface area contributed by atoms with Crippen molar-refractivity contribution in [2.75, 3.05) is 0 Å². The fraction of sp³-hybridized carbons (Fsp3) is 0.250. The van der Waals surface area contributed by atoms with E-state index in [2.05, 4.69) is 88.2 Å². The van der Waals surface area contributed by atoms with Crippen LogP contribution < -0.4 is 0 Å². The van der Waals surface area contributed by atoms with E-state index in [1.165, 1.54) is 11.1 Å². The molecule has 0 saturated carbocycles. The van der Waals surface area contributed by atoms with Gasteiger partial charge in [0, 0.05) is 0 Å². The van der Waals surface area contributed by atoms with Gasteiger partial charge in [-0.15, -0.1) is 0 Å². The van der Waals surface area contributed by atoms with Crippen LogP contribution in [0.4, 0.5) is 0 Å². The molecule has 1 unspecified atom stereocenters. The van der Waals surface area contributed by atoms with E-state index in [0.717, 1.165) is 12.8 Å². The summed E-state index contributed by atoms with van der Waals surface area (Å²) in [4.78, 5) is 0. The van der Waals surface area contributed by atoms with E-state index in [1.54, 1.807) is 14.4 Å². The summed E-state index contributed by atoms with van der Waals surface area (Å²) in [6.45, 7) is 2.25. The third-order valence-electron chi connectivity index (χ3n) is 5.60. The summed E-state index contributed by atoms with van der Waals surface area (Å²) < 4.78 is 7.62. The molecule has 0 aliphatic heterocycles. The third kappa shape index (κ3) is 2.98. The van der Waals surface area contributed by atoms with Gasteiger partial charge in [-0.05, 0) is 0 Å². The molecule has 128 valence electrons. The summed E-state index contributed by atoms with van der Waals surface area (Å²) in [6, 6.07) is 18.2. The number of allylic oxidation sites excluding steroid dienone is 5. The zero-order valence-electron chi connectivity index (χ0n) is 14.5. The van der Waals surface area contributed by atoms with Gasteiger partial charge in [0.1, 0.15) is 0 Å². The molecule has 0 fully saturated rings. The van der Waals surface area contributed by atoms with Gasteiger partial charge >= 0.3 is 150 Å². The maximum absolute atomic E-state index is 2.71. The molecule has 0 radical (unpaired) electrons. The van der Waals surface area contributed by atoms with Gasteiger partial charge in [0.05, 0.1) is 0 Å². The predicted octanol–water partition coefficient (Wildman–Crippen LogP) is 7.36. The predicted molar refractivity (Wildman–Crippen MR) is 108 cm³/mol. The number of fused-ring (bicyclic) bond motifs is 3. The van der Waals surface area contributed by atoms with Gasteiger partial charge in [-0.2, -0.15) is 0 Å². The summed E-state index contributed by atoms with van der Waals surface area (Å²) in [5, 5.41) is 0. The van der Waals surface area contributed by atoms with Crippen LogP contribution in [-0.2, 0) is 20.3 Å². The zero-order chi connectivity index (χ0) is 16.6. The Labute approximate surface area is 157 Å². The maximum atomic E-state index is 2.66. The fourth-order valence-corrected chi connectivity index (χ4v) is 15.0. The summed E-state index contributed by atoms with van der Waals surface area (Å²) in [6.07, 6.45) is 11.7. The van der Waals surface area contributed by atoms with Crippen LogP contribution in [0.15, 0.2) is 79.9 Å². The number of hydrogen-bond acceptors (Lipinski definition) is 0. The quantitative estimate of drug-likeness (QED) is 0.496. The molecule has 0 N–H and O–H groups in total. The average Bonchev–Trinajstić information content (AvgIpc) is 3.26. The second kappa shape index (κ2) is 7.42. The molecule has 25 heavy (non-hydrogen) atoms. The van der Waals surface area contributed by atoms with Crippen molar-refractivity contribution >= 4 is 0 Å². The zero-order valence-corrected chi connectivity index (χ0v) is 17.0. The molecule has 2 aromatic carbocycles. The third-order valence-corrected chi connectivity index (χ3v) is 16.7. The Bertz CT molecular complexity index is 810. The van der Waals surface area contributed by atoms with Crippen LogP contribution in [-0.4, -0.2) is 0 Å². The second-order valence-corrected chi connectivity index (χ2v) is 17.1. The summed E-state index contributed by atoms with van der Waals surface area (Å²) in [5.41, 5.74) is 6.03. The van der Waals surface area contributed by atoms with Gasteiger partial charge in [0.2, 0.25) is 0 Å². The van der Waals surface area contributed by atoms with E-state index >= 15 is 0 Å². The van der Waals surface area contributed by atoms with Crippen LogP contribution in [0.3, 0.4) is 0 Å². The molecule has 0 saturated heterocycles. The molecule has 0 amide bonds. The second-order valence-electron chi connectivity index (χ2n) is 7.03. The molecule has 2 aliphatic carbocycles. The molecule has 0 heterocycles. The molecular formula is C24H28Zr. The normalized spacial score (nSPS) is 17.8. The van der Waals surface area contributed by atoms with Gasteiger partial charge in [0.15, 0.2) is 0 Å². The first-order chi connectivity index (χ1) is 11.8. The Morgan fingerprint density at radius 3 is 2.12 bits per heavy atom. The summed E-state index contributed by atoms with van der Waals surface area (Å²) >= 11 is -2.71. The van der Waals surface area contributed by atoms with Crippen molar-refractivity contribution in [1.82, 2.24) is 0 Å². The van der Waals surface area contributed by atoms with E-state index in [-0.39, 0.29) is 7.43 Å². The molecule has 0 nitrogen and oxygen atoms in total. The Morgan fingerprint density at radius 2 is 1.60 bits per heavy atom. The Hall–Kier alpha value is -1.46. The Kier molecular flexibility index (Phi) is 5.44. The molecular weight excluding hydrogens is 379 g/mol. The molecule has 1 heteroatoms. The number of benzene rings is 2. The van der Waals surface area contributed by atoms with E-state index in [0.29, 0.717) is 3.63 Å². The van der Waals surface area contributed by atoms with Crippen molar-refractivity contribution < 1.29 is 20.3 Å². The van der Waals surface area contributed by atoms with Crippen molar-refractivity contribution in [3.63, 3.8) is 0 Å². The Morgan fingerprint density at radius 1 is 1.00 bits per heavy atom. The van der Waals surface area contributed by atoms with Crippen molar-refractivity contribution in [3.05, 3.63) is 91.0 Å². The van der Waals surface area contributed by atoms with Crippen LogP contribution >= 0.6 is 0 Å². The molecule has 0 bridgehead atoms. The molecule has 2 aliphatic rings. The summed E-state index contributed by atoms with van der Waals surface area (Å²) in [7, 11) is 0. The average molecular weight is 408 g/mol. The van der Waals surface area contributed by atoms with Crippen LogP contribution in [0.5, 0.6) is 0 Å². The van der Waals surface area contributed by atoms with E-state index in [4.69, 9.17) is 0 Å². The number of hydrogen-bond donors (Lipinski definition) is 0. The Balaban J connectivity index is 0.00000182. The van der Waals surface area contributed by atoms with Crippen LogP contribution in [0.1, 0.15) is 41.9 Å². The molecule has 2 aromatic rings. The fourth-order valence-electron chi connectivity index (χ4n) is 4.40. The van der Waals surface area contributed by atoms with Gasteiger partial charge in [-0.1, -0.05) is 7.43 Å². The van der Waals surface area contributed by atoms with E-state index in [1.807, 2.05) is 0 Å². The first-order valence-electron chi connectivity index (χ1n) is 8.98. The molecule has 4 rings (SSSR count). The first-order valence-corrected chi connectivity index (χ1v) is 15.5. The van der Waals surface area contributed by atoms with Crippen LogP contribution in [0.25, 0.3) is 11.1 Å². The molecule has 0 spiro atoms. The van der Waals surface area contributed by atoms with E-state index in [9.17, 15) is 0 Å². The van der Waals surface area contributed by atoms with Crippen LogP contribution in [0.2, 0.25) is 4.63 Å². The minimum atomic E-state index is -2.71. The number of rotatable bonds is 4. The SMILES string of the molecule is C.CCC=[CH][Zr]([CH3])([C]1=CC=CC1)[CH]1c2ccccc2-c2ccccc21. The monoisotopic (exact) mass is 406 g/mol. The van der Waals surface area contributed by atoms with Gasteiger partial charge in [-0.25, -0.2) is 0 Å². The van der Waals surface area contributed by atoms with Crippen molar-refractivity contribution in [2.45, 2.75) is 35.4 Å². The van der Waals surface area contributed by atoms with Crippen molar-refractivity contribution in [2.24, 2.45) is 0 Å². The standard InChI is InChI=1S/C13H9.C5H5.C4H7.CH4.CH3.Zr/c1-3-7-12-10(5-1)9-11-6-2-4-8-13(11)12;1-2-4-5-3-1;1-3-4-2;;;/h1-9H;1-3H,4H2;1,3H,4H2,2H3;1H4;1H3;. The van der Waals surface area contributed by atoms with Gasteiger partial charge in [0.25, 0.3) is 0 Å². The first kappa shape index (κ1) is 18.3. The van der Waals surface area contributed by atoms with Crippen LogP contribution in [0, 0.1) is 0 Å². The van der Waals surface area contributed by atoms with Gasteiger partial charge < -0.3 is 0 Å². The van der Waals surface area contributed by atoms with E-state index < -0.39 is 20.3 Å². The topological polar surface area (TPSA) is 0 Å².